The molecule has 0 radical (unpaired) electrons. The first-order valence-electron chi connectivity index (χ1n) is 11.3. The van der Waals surface area contributed by atoms with Crippen LogP contribution in [-0.4, -0.2) is 22.3 Å². The standard InChI is InChI=1S/C24H38O3/c1-15(4-9-22(26)27)19-7-8-20-18-6-5-16-14-17(25)10-12-23(16,2)21(18)11-13-24(19,20)3/h5,15,17-21,25H,4,6-14H2,1-3H3,(H,26,27)/t15-,17+,18-,19+,20+,21-,23+,24-/m1/s1. The minimum Gasteiger partial charge on any atom is -0.481 e. The van der Waals surface area contributed by atoms with Crippen molar-refractivity contribution in [3.8, 4) is 0 Å². The van der Waals surface area contributed by atoms with Crippen LogP contribution in [0.25, 0.3) is 0 Å². The third kappa shape index (κ3) is 3.09. The van der Waals surface area contributed by atoms with Gasteiger partial charge < -0.3 is 10.2 Å². The number of fused-ring (bicyclic) bond motifs is 5. The molecule has 4 rings (SSSR count). The second kappa shape index (κ2) is 6.90. The Balaban J connectivity index is 1.54. The Morgan fingerprint density at radius 2 is 1.96 bits per heavy atom. The first kappa shape index (κ1) is 19.5. The average Bonchev–Trinajstić information content (AvgIpc) is 2.97. The van der Waals surface area contributed by atoms with Gasteiger partial charge in [0, 0.05) is 6.42 Å². The van der Waals surface area contributed by atoms with Crippen molar-refractivity contribution in [1.82, 2.24) is 0 Å². The third-order valence-electron chi connectivity index (χ3n) is 9.65. The third-order valence-corrected chi connectivity index (χ3v) is 9.65. The van der Waals surface area contributed by atoms with Crippen LogP contribution in [-0.2, 0) is 4.79 Å². The van der Waals surface area contributed by atoms with Crippen molar-refractivity contribution in [2.24, 2.45) is 40.4 Å². The second-order valence-electron chi connectivity index (χ2n) is 10.8. The molecule has 2 N–H and O–H groups in total. The van der Waals surface area contributed by atoms with Crippen molar-refractivity contribution in [3.63, 3.8) is 0 Å². The number of hydrogen-bond donors (Lipinski definition) is 2. The minimum absolute atomic E-state index is 0.124. The normalized spacial score (nSPS) is 47.4. The first-order chi connectivity index (χ1) is 12.8. The molecular weight excluding hydrogens is 336 g/mol. The Hall–Kier alpha value is -0.830. The maximum absolute atomic E-state index is 11.0. The summed E-state index contributed by atoms with van der Waals surface area (Å²) >= 11 is 0. The van der Waals surface area contributed by atoms with Crippen molar-refractivity contribution in [3.05, 3.63) is 11.6 Å². The summed E-state index contributed by atoms with van der Waals surface area (Å²) in [5.41, 5.74) is 2.27. The molecule has 4 aliphatic carbocycles. The van der Waals surface area contributed by atoms with Gasteiger partial charge in [-0.1, -0.05) is 32.4 Å². The van der Waals surface area contributed by atoms with Gasteiger partial charge in [0.1, 0.15) is 0 Å². The summed E-state index contributed by atoms with van der Waals surface area (Å²) in [6, 6.07) is 0. The Morgan fingerprint density at radius 3 is 2.70 bits per heavy atom. The summed E-state index contributed by atoms with van der Waals surface area (Å²) in [6.45, 7) is 7.33. The number of carboxylic acids is 1. The molecule has 3 saturated carbocycles. The van der Waals surface area contributed by atoms with E-state index in [-0.39, 0.29) is 6.10 Å². The number of aliphatic hydroxyl groups excluding tert-OH is 1. The van der Waals surface area contributed by atoms with Gasteiger partial charge in [0.25, 0.3) is 0 Å². The summed E-state index contributed by atoms with van der Waals surface area (Å²) in [7, 11) is 0. The predicted molar refractivity (Wildman–Crippen MR) is 107 cm³/mol. The van der Waals surface area contributed by atoms with Crippen LogP contribution in [0.5, 0.6) is 0 Å². The highest BCUT2D eigenvalue weighted by molar-refractivity contribution is 5.66. The topological polar surface area (TPSA) is 57.5 Å². The molecule has 27 heavy (non-hydrogen) atoms. The molecule has 0 amide bonds. The molecule has 3 nitrogen and oxygen atoms in total. The van der Waals surface area contributed by atoms with Gasteiger partial charge >= 0.3 is 5.97 Å². The van der Waals surface area contributed by atoms with Crippen LogP contribution < -0.4 is 0 Å². The molecule has 3 fully saturated rings. The van der Waals surface area contributed by atoms with Gasteiger partial charge in [-0.05, 0) is 98.2 Å². The Kier molecular flexibility index (Phi) is 4.98. The number of carboxylic acid groups (broad SMARTS) is 1. The van der Waals surface area contributed by atoms with Gasteiger partial charge in [0.2, 0.25) is 0 Å². The smallest absolute Gasteiger partial charge is 0.303 e. The molecule has 0 aromatic heterocycles. The first-order valence-corrected chi connectivity index (χ1v) is 11.3. The number of carbonyl (C=O) groups is 1. The summed E-state index contributed by atoms with van der Waals surface area (Å²) < 4.78 is 0. The van der Waals surface area contributed by atoms with E-state index in [2.05, 4.69) is 26.8 Å². The molecule has 0 aliphatic heterocycles. The second-order valence-corrected chi connectivity index (χ2v) is 10.8. The highest BCUT2D eigenvalue weighted by atomic mass is 16.4. The van der Waals surface area contributed by atoms with Gasteiger partial charge in [-0.3, -0.25) is 4.79 Å². The fourth-order valence-electron chi connectivity index (χ4n) is 8.17. The molecular formula is C24H38O3. The molecule has 0 aromatic rings. The molecule has 0 bridgehead atoms. The maximum Gasteiger partial charge on any atom is 0.303 e. The number of allylic oxidation sites excluding steroid dienone is 1. The average molecular weight is 375 g/mol. The molecule has 8 atom stereocenters. The van der Waals surface area contributed by atoms with Crippen LogP contribution in [0.4, 0.5) is 0 Å². The Morgan fingerprint density at radius 1 is 1.19 bits per heavy atom. The lowest BCUT2D eigenvalue weighted by Crippen LogP contribution is -2.50. The monoisotopic (exact) mass is 374 g/mol. The predicted octanol–water partition coefficient (Wildman–Crippen LogP) is 5.43. The molecule has 0 unspecified atom stereocenters. The lowest BCUT2D eigenvalue weighted by atomic mass is 9.47. The number of aliphatic carboxylic acids is 1. The molecule has 0 aromatic carbocycles. The molecule has 3 heteroatoms. The van der Waals surface area contributed by atoms with Crippen LogP contribution in [0.15, 0.2) is 11.6 Å². The maximum atomic E-state index is 11.0. The summed E-state index contributed by atoms with van der Waals surface area (Å²) in [6.07, 6.45) is 13.0. The van der Waals surface area contributed by atoms with Crippen LogP contribution in [0.2, 0.25) is 0 Å². The molecule has 0 saturated heterocycles. The fourth-order valence-corrected chi connectivity index (χ4v) is 8.17. The largest absolute Gasteiger partial charge is 0.481 e. The number of aliphatic hydroxyl groups is 1. The molecule has 152 valence electrons. The zero-order valence-corrected chi connectivity index (χ0v) is 17.4. The highest BCUT2D eigenvalue weighted by Crippen LogP contribution is 2.67. The van der Waals surface area contributed by atoms with Crippen LogP contribution in [0.3, 0.4) is 0 Å². The summed E-state index contributed by atoms with van der Waals surface area (Å²) in [4.78, 5) is 11.0. The van der Waals surface area contributed by atoms with Crippen molar-refractivity contribution in [1.29, 1.82) is 0 Å². The van der Waals surface area contributed by atoms with Gasteiger partial charge in [-0.2, -0.15) is 0 Å². The van der Waals surface area contributed by atoms with Crippen molar-refractivity contribution in [2.45, 2.75) is 91.1 Å². The Labute approximate surface area is 164 Å². The lowest BCUT2D eigenvalue weighted by molar-refractivity contribution is -0.137. The van der Waals surface area contributed by atoms with E-state index >= 15 is 0 Å². The molecule has 0 heterocycles. The van der Waals surface area contributed by atoms with E-state index in [4.69, 9.17) is 5.11 Å². The van der Waals surface area contributed by atoms with Crippen LogP contribution in [0, 0.1) is 40.4 Å². The van der Waals surface area contributed by atoms with E-state index in [1.807, 2.05) is 0 Å². The lowest BCUT2D eigenvalue weighted by Gasteiger charge is -2.58. The van der Waals surface area contributed by atoms with E-state index in [1.165, 1.54) is 32.1 Å². The van der Waals surface area contributed by atoms with E-state index in [1.54, 1.807) is 5.57 Å². The molecule has 4 aliphatic rings. The minimum atomic E-state index is -0.650. The number of hydrogen-bond acceptors (Lipinski definition) is 2. The van der Waals surface area contributed by atoms with E-state index in [9.17, 15) is 9.90 Å². The van der Waals surface area contributed by atoms with E-state index < -0.39 is 5.97 Å². The van der Waals surface area contributed by atoms with Gasteiger partial charge in [-0.15, -0.1) is 0 Å². The van der Waals surface area contributed by atoms with Gasteiger partial charge in [0.15, 0.2) is 0 Å². The van der Waals surface area contributed by atoms with Crippen molar-refractivity contribution < 1.29 is 15.0 Å². The zero-order chi connectivity index (χ0) is 19.4. The van der Waals surface area contributed by atoms with Crippen LogP contribution in [0.1, 0.15) is 85.0 Å². The van der Waals surface area contributed by atoms with Crippen molar-refractivity contribution in [2.75, 3.05) is 0 Å². The summed E-state index contributed by atoms with van der Waals surface area (Å²) in [5, 5.41) is 19.2. The SMILES string of the molecule is C[C@H](CCC(=O)O)[C@@H]1CC[C@H]2[C@H]3CC=C4C[C@@H](O)CC[C@]4(C)[C@@H]3CC[C@@]21C. The fraction of sp³-hybridized carbons (Fsp3) is 0.875. The Bertz CT molecular complexity index is 625. The van der Waals surface area contributed by atoms with Crippen molar-refractivity contribution >= 4 is 5.97 Å². The van der Waals surface area contributed by atoms with E-state index in [0.717, 1.165) is 43.4 Å². The van der Waals surface area contributed by atoms with Gasteiger partial charge in [-0.25, -0.2) is 0 Å². The van der Waals surface area contributed by atoms with E-state index in [0.29, 0.717) is 29.1 Å². The summed E-state index contributed by atoms with van der Waals surface area (Å²) in [5.74, 6) is 2.94. The zero-order valence-electron chi connectivity index (χ0n) is 17.4. The molecule has 0 spiro atoms. The quantitative estimate of drug-likeness (QED) is 0.645. The highest BCUT2D eigenvalue weighted by Gasteiger charge is 2.59. The van der Waals surface area contributed by atoms with Crippen LogP contribution >= 0.6 is 0 Å². The number of rotatable bonds is 4. The van der Waals surface area contributed by atoms with Gasteiger partial charge in [0.05, 0.1) is 6.10 Å².